The summed E-state index contributed by atoms with van der Waals surface area (Å²) in [7, 11) is -2.37. The van der Waals surface area contributed by atoms with Gasteiger partial charge in [-0.25, -0.2) is 4.79 Å². The summed E-state index contributed by atoms with van der Waals surface area (Å²) in [5, 5.41) is 2.66. The van der Waals surface area contributed by atoms with Crippen molar-refractivity contribution in [3.8, 4) is 0 Å². The molecule has 3 fully saturated rings. The Morgan fingerprint density at radius 1 is 0.878 bits per heavy atom. The van der Waals surface area contributed by atoms with Gasteiger partial charge < -0.3 is 18.5 Å². The smallest absolute Gasteiger partial charge is 0.326 e. The minimum Gasteiger partial charge on any atom is -0.413 e. The van der Waals surface area contributed by atoms with E-state index in [-0.39, 0.29) is 30.2 Å². The summed E-state index contributed by atoms with van der Waals surface area (Å²) in [4.78, 5) is 30.4. The number of nitrogens with one attached hydrogen (secondary N) is 1. The van der Waals surface area contributed by atoms with Crippen molar-refractivity contribution in [2.24, 2.45) is 5.41 Å². The number of hydrogen-bond donors (Lipinski definition) is 1. The summed E-state index contributed by atoms with van der Waals surface area (Å²) in [6.45, 7) is 31.4. The van der Waals surface area contributed by atoms with Gasteiger partial charge in [-0.05, 0) is 47.2 Å². The van der Waals surface area contributed by atoms with E-state index in [0.717, 1.165) is 0 Å². The van der Waals surface area contributed by atoms with Crippen molar-refractivity contribution in [3.05, 3.63) is 0 Å². The number of carbonyl (C=O) groups excluding carboxylic acids is 2. The third-order valence-corrected chi connectivity index (χ3v) is 23.1. The number of imide groups is 1. The summed E-state index contributed by atoms with van der Waals surface area (Å²) < 4.78 is 21.3. The Morgan fingerprint density at radius 2 is 1.37 bits per heavy atom. The lowest BCUT2D eigenvalue weighted by Crippen LogP contribution is -2.67. The van der Waals surface area contributed by atoms with Crippen LogP contribution in [0.25, 0.3) is 0 Å². The average molecular weight is 612 g/mol. The molecule has 8 nitrogen and oxygen atoms in total. The van der Waals surface area contributed by atoms with Crippen LogP contribution in [0.3, 0.4) is 0 Å². The van der Waals surface area contributed by atoms with E-state index in [1.807, 2.05) is 18.9 Å². The molecule has 3 rings (SSSR count). The van der Waals surface area contributed by atoms with Crippen LogP contribution in [0.5, 0.6) is 0 Å². The first-order valence-electron chi connectivity index (χ1n) is 16.2. The van der Waals surface area contributed by atoms with Crippen LogP contribution in [-0.2, 0) is 18.4 Å². The largest absolute Gasteiger partial charge is 0.413 e. The second-order valence-corrected chi connectivity index (χ2v) is 26.1. The highest BCUT2D eigenvalue weighted by molar-refractivity contribution is 6.78. The van der Waals surface area contributed by atoms with Gasteiger partial charge >= 0.3 is 6.03 Å². The Bertz CT molecular complexity index is 899. The van der Waals surface area contributed by atoms with E-state index in [1.165, 1.54) is 0 Å². The summed E-state index contributed by atoms with van der Waals surface area (Å²) in [5.41, 5.74) is 2.01. The molecule has 3 saturated heterocycles. The number of likely N-dealkylation sites (N-methyl/N-ethyl adjacent to an activating group) is 1. The van der Waals surface area contributed by atoms with Gasteiger partial charge in [-0.2, -0.15) is 0 Å². The molecule has 0 bridgehead atoms. The van der Waals surface area contributed by atoms with Crippen molar-refractivity contribution in [1.29, 1.82) is 0 Å². The summed E-state index contributed by atoms with van der Waals surface area (Å²) in [5.74, 6) is -0.189. The standard InChI is InChI=1S/C31H61N3O5Si2/c1-19(2)40(20(3)4,21(5)6)37-17-26-25(39-41(22(7)8,23(9)10)24(11)12)15-28(38-26)34-27-16-33(14)18-31(27,13)29(35)32-30(34)36/h19-28H,15-18H2,1-14H3,(H,32,35,36)/t25-,26+,27-,28+,31+/m0/s1. The third-order valence-electron chi connectivity index (χ3n) is 10.9. The maximum Gasteiger partial charge on any atom is 0.326 e. The molecule has 10 heteroatoms. The quantitative estimate of drug-likeness (QED) is 0.247. The van der Waals surface area contributed by atoms with Crippen molar-refractivity contribution in [2.75, 3.05) is 26.7 Å². The molecule has 3 heterocycles. The molecule has 0 unspecified atom stereocenters. The monoisotopic (exact) mass is 611 g/mol. The van der Waals surface area contributed by atoms with Gasteiger partial charge in [0.1, 0.15) is 12.3 Å². The number of nitrogens with zero attached hydrogens (tertiary/aromatic N) is 2. The minimum atomic E-state index is -2.24. The van der Waals surface area contributed by atoms with E-state index < -0.39 is 28.3 Å². The lowest BCUT2D eigenvalue weighted by atomic mass is 9.81. The van der Waals surface area contributed by atoms with E-state index in [4.69, 9.17) is 13.6 Å². The van der Waals surface area contributed by atoms with Crippen molar-refractivity contribution >= 4 is 28.6 Å². The molecule has 3 amide bonds. The normalized spacial score (nSPS) is 30.2. The number of urea groups is 1. The zero-order valence-electron chi connectivity index (χ0n) is 28.5. The van der Waals surface area contributed by atoms with Crippen LogP contribution in [0.4, 0.5) is 4.79 Å². The Kier molecular flexibility index (Phi) is 10.7. The van der Waals surface area contributed by atoms with Gasteiger partial charge in [0.2, 0.25) is 14.2 Å². The van der Waals surface area contributed by atoms with Crippen LogP contribution in [0.1, 0.15) is 96.4 Å². The molecule has 0 saturated carbocycles. The number of carbonyl (C=O) groups is 2. The van der Waals surface area contributed by atoms with Gasteiger partial charge in [-0.15, -0.1) is 0 Å². The van der Waals surface area contributed by atoms with Crippen molar-refractivity contribution in [2.45, 2.75) is 154 Å². The van der Waals surface area contributed by atoms with Gasteiger partial charge in [-0.1, -0.05) is 83.1 Å². The van der Waals surface area contributed by atoms with Gasteiger partial charge in [0.25, 0.3) is 0 Å². The minimum absolute atomic E-state index is 0.173. The lowest BCUT2D eigenvalue weighted by Gasteiger charge is -2.46. The molecular formula is C31H61N3O5Si2. The molecule has 0 aliphatic carbocycles. The summed E-state index contributed by atoms with van der Waals surface area (Å²) in [6.07, 6.45) is -0.328. The number of fused-ring (bicyclic) bond motifs is 1. The molecule has 3 aliphatic heterocycles. The Balaban J connectivity index is 2.00. The molecule has 0 aromatic rings. The topological polar surface area (TPSA) is 80.3 Å². The molecule has 41 heavy (non-hydrogen) atoms. The second kappa shape index (κ2) is 12.7. The Morgan fingerprint density at radius 3 is 1.83 bits per heavy atom. The maximum absolute atomic E-state index is 13.4. The van der Waals surface area contributed by atoms with E-state index in [1.54, 1.807) is 0 Å². The first-order valence-corrected chi connectivity index (χ1v) is 20.4. The van der Waals surface area contributed by atoms with Gasteiger partial charge in [0.15, 0.2) is 8.32 Å². The number of amides is 3. The predicted molar refractivity (Wildman–Crippen MR) is 171 cm³/mol. The highest BCUT2D eigenvalue weighted by Gasteiger charge is 2.59. The fourth-order valence-electron chi connectivity index (χ4n) is 9.16. The zero-order chi connectivity index (χ0) is 31.2. The first-order chi connectivity index (χ1) is 18.9. The molecule has 1 N–H and O–H groups in total. The molecule has 0 radical (unpaired) electrons. The number of likely N-dealkylation sites (tertiary alicyclic amines) is 1. The molecular weight excluding hydrogens is 551 g/mol. The highest BCUT2D eigenvalue weighted by atomic mass is 28.4. The van der Waals surface area contributed by atoms with E-state index in [0.29, 0.717) is 59.4 Å². The maximum atomic E-state index is 13.4. The SMILES string of the molecule is CC(C)[Si](OC[C@H]1O[C@@H](N2C(=O)NC(=O)[C@]3(C)CN(C)C[C@H]23)C[C@@H]1O[Si](C(C)C)(C(C)C)C(C)C)(C(C)C)C(C)C. The number of hydrogen-bond acceptors (Lipinski definition) is 6. The van der Waals surface area contributed by atoms with E-state index in [2.05, 4.69) is 93.3 Å². The van der Waals surface area contributed by atoms with Crippen molar-refractivity contribution < 1.29 is 23.2 Å². The van der Waals surface area contributed by atoms with Crippen molar-refractivity contribution in [3.63, 3.8) is 0 Å². The van der Waals surface area contributed by atoms with Gasteiger partial charge in [-0.3, -0.25) is 15.0 Å². The van der Waals surface area contributed by atoms with Crippen LogP contribution in [0, 0.1) is 5.41 Å². The van der Waals surface area contributed by atoms with E-state index in [9.17, 15) is 9.59 Å². The molecule has 238 valence electrons. The fourth-order valence-corrected chi connectivity index (χ4v) is 20.2. The molecule has 0 aromatic heterocycles. The fraction of sp³-hybridized carbons (Fsp3) is 0.935. The second-order valence-electron chi connectivity index (χ2n) is 15.3. The van der Waals surface area contributed by atoms with Gasteiger partial charge in [0, 0.05) is 19.5 Å². The Hall–Kier alpha value is -0.786. The summed E-state index contributed by atoms with van der Waals surface area (Å²) in [6, 6.07) is -0.592. The third kappa shape index (κ3) is 5.99. The first kappa shape index (κ1) is 34.7. The zero-order valence-corrected chi connectivity index (χ0v) is 30.5. The van der Waals surface area contributed by atoms with Crippen LogP contribution in [0.2, 0.25) is 33.2 Å². The Labute approximate surface area is 252 Å². The molecule has 3 aliphatic rings. The summed E-state index contributed by atoms with van der Waals surface area (Å²) >= 11 is 0. The van der Waals surface area contributed by atoms with Crippen molar-refractivity contribution in [1.82, 2.24) is 15.1 Å². The molecule has 0 spiro atoms. The van der Waals surface area contributed by atoms with Crippen LogP contribution in [0.15, 0.2) is 0 Å². The van der Waals surface area contributed by atoms with Crippen LogP contribution < -0.4 is 5.32 Å². The average Bonchev–Trinajstić information content (AvgIpc) is 3.36. The molecule has 0 aromatic carbocycles. The van der Waals surface area contributed by atoms with E-state index >= 15 is 0 Å². The number of ether oxygens (including phenoxy) is 1. The molecule has 5 atom stereocenters. The number of rotatable bonds is 12. The van der Waals surface area contributed by atoms with Crippen LogP contribution >= 0.6 is 0 Å². The lowest BCUT2D eigenvalue weighted by molar-refractivity contribution is -0.139. The van der Waals surface area contributed by atoms with Gasteiger partial charge in [0.05, 0.1) is 24.2 Å². The van der Waals surface area contributed by atoms with Crippen LogP contribution in [-0.4, -0.2) is 89.6 Å². The predicted octanol–water partition coefficient (Wildman–Crippen LogP) is 6.73. The highest BCUT2D eigenvalue weighted by Crippen LogP contribution is 2.47.